The van der Waals surface area contributed by atoms with Gasteiger partial charge in [0.15, 0.2) is 23.0 Å². The maximum absolute atomic E-state index is 12.2. The summed E-state index contributed by atoms with van der Waals surface area (Å²) in [5.74, 6) is -0.853. The number of carbonyl (C=O) groups excluding carboxylic acids is 1. The lowest BCUT2D eigenvalue weighted by Crippen LogP contribution is -2.24. The van der Waals surface area contributed by atoms with Crippen LogP contribution < -0.4 is 4.74 Å². The summed E-state index contributed by atoms with van der Waals surface area (Å²) in [7, 11) is 0. The number of esters is 1. The first kappa shape index (κ1) is 15.7. The van der Waals surface area contributed by atoms with Gasteiger partial charge in [0, 0.05) is 0 Å². The van der Waals surface area contributed by atoms with Crippen LogP contribution in [0.15, 0.2) is 42.5 Å². The number of phenolic OH excluding ortho intramolecular Hbond substituents is 2. The molecule has 5 nitrogen and oxygen atoms in total. The number of hydrogen-bond acceptors (Lipinski definition) is 5. The van der Waals surface area contributed by atoms with Crippen molar-refractivity contribution in [3.63, 3.8) is 0 Å². The molecular formula is C17H18O5. The van der Waals surface area contributed by atoms with E-state index in [0.717, 1.165) is 0 Å². The number of rotatable bonds is 3. The molecule has 0 aliphatic heterocycles. The highest BCUT2D eigenvalue weighted by molar-refractivity contribution is 5.94. The van der Waals surface area contributed by atoms with Crippen LogP contribution in [-0.4, -0.2) is 21.8 Å². The molecule has 0 atom stereocenters. The molecule has 0 radical (unpaired) electrons. The van der Waals surface area contributed by atoms with Crippen molar-refractivity contribution in [2.75, 3.05) is 0 Å². The van der Waals surface area contributed by atoms with E-state index in [4.69, 9.17) is 9.47 Å². The molecule has 0 unspecified atom stereocenters. The number of phenols is 2. The van der Waals surface area contributed by atoms with E-state index in [1.165, 1.54) is 30.3 Å². The van der Waals surface area contributed by atoms with Gasteiger partial charge in [-0.05, 0) is 45.0 Å². The Morgan fingerprint density at radius 1 is 0.955 bits per heavy atom. The van der Waals surface area contributed by atoms with E-state index in [0.29, 0.717) is 0 Å². The first-order valence-electron chi connectivity index (χ1n) is 6.79. The van der Waals surface area contributed by atoms with Gasteiger partial charge in [0.05, 0.1) is 0 Å². The number of aromatic hydroxyl groups is 2. The summed E-state index contributed by atoms with van der Waals surface area (Å²) < 4.78 is 10.8. The van der Waals surface area contributed by atoms with Crippen molar-refractivity contribution >= 4 is 5.97 Å². The second-order valence-corrected chi connectivity index (χ2v) is 5.73. The van der Waals surface area contributed by atoms with Crippen molar-refractivity contribution in [3.8, 4) is 23.0 Å². The summed E-state index contributed by atoms with van der Waals surface area (Å²) in [6, 6.07) is 10.7. The number of hydrogen-bond donors (Lipinski definition) is 2. The molecule has 0 bridgehead atoms. The van der Waals surface area contributed by atoms with Gasteiger partial charge in [-0.3, -0.25) is 0 Å². The van der Waals surface area contributed by atoms with E-state index >= 15 is 0 Å². The van der Waals surface area contributed by atoms with Crippen LogP contribution in [0.3, 0.4) is 0 Å². The van der Waals surface area contributed by atoms with E-state index in [2.05, 4.69) is 0 Å². The summed E-state index contributed by atoms with van der Waals surface area (Å²) in [5.41, 5.74) is -0.590. The Kier molecular flexibility index (Phi) is 4.26. The smallest absolute Gasteiger partial charge is 0.342 e. The second kappa shape index (κ2) is 5.97. The molecule has 0 saturated carbocycles. The number of para-hydroxylation sites is 3. The van der Waals surface area contributed by atoms with Crippen molar-refractivity contribution in [2.24, 2.45) is 0 Å². The Labute approximate surface area is 128 Å². The maximum atomic E-state index is 12.2. The van der Waals surface area contributed by atoms with E-state index in [1.54, 1.807) is 32.9 Å². The van der Waals surface area contributed by atoms with Crippen LogP contribution >= 0.6 is 0 Å². The molecule has 0 spiro atoms. The molecular weight excluding hydrogens is 284 g/mol. The standard InChI is InChI=1S/C17H18O5/c1-17(2,3)22-16(20)11-7-6-9-13(19)15(11)21-14-10-5-4-8-12(14)18/h4-10,18-19H,1-3H3. The monoisotopic (exact) mass is 302 g/mol. The van der Waals surface area contributed by atoms with Gasteiger partial charge in [0.1, 0.15) is 11.2 Å². The van der Waals surface area contributed by atoms with Crippen LogP contribution in [0.25, 0.3) is 0 Å². The fraction of sp³-hybridized carbons (Fsp3) is 0.235. The van der Waals surface area contributed by atoms with Gasteiger partial charge >= 0.3 is 5.97 Å². The Morgan fingerprint density at radius 2 is 1.59 bits per heavy atom. The molecule has 2 aromatic carbocycles. The van der Waals surface area contributed by atoms with Crippen LogP contribution in [0, 0.1) is 0 Å². The minimum Gasteiger partial charge on any atom is -0.504 e. The van der Waals surface area contributed by atoms with E-state index in [-0.39, 0.29) is 28.6 Å². The Balaban J connectivity index is 2.39. The molecule has 0 amide bonds. The Bertz CT molecular complexity index is 686. The summed E-state index contributed by atoms with van der Waals surface area (Å²) in [6.45, 7) is 5.24. The molecule has 0 fully saturated rings. The molecule has 2 rings (SSSR count). The Morgan fingerprint density at radius 3 is 2.23 bits per heavy atom. The normalized spacial score (nSPS) is 11.0. The van der Waals surface area contributed by atoms with Crippen LogP contribution in [0.1, 0.15) is 31.1 Å². The van der Waals surface area contributed by atoms with Crippen molar-refractivity contribution in [2.45, 2.75) is 26.4 Å². The second-order valence-electron chi connectivity index (χ2n) is 5.73. The molecule has 2 aromatic rings. The van der Waals surface area contributed by atoms with Crippen LogP contribution in [0.5, 0.6) is 23.0 Å². The molecule has 22 heavy (non-hydrogen) atoms. The minimum absolute atomic E-state index is 0.0572. The third-order valence-corrected chi connectivity index (χ3v) is 2.69. The van der Waals surface area contributed by atoms with Gasteiger partial charge in [-0.15, -0.1) is 0 Å². The van der Waals surface area contributed by atoms with Crippen molar-refractivity contribution in [1.82, 2.24) is 0 Å². The molecule has 116 valence electrons. The quantitative estimate of drug-likeness (QED) is 0.842. The third kappa shape index (κ3) is 3.69. The SMILES string of the molecule is CC(C)(C)OC(=O)c1cccc(O)c1Oc1ccccc1O. The minimum atomic E-state index is -0.672. The predicted octanol–water partition coefficient (Wildman–Crippen LogP) is 3.85. The van der Waals surface area contributed by atoms with E-state index < -0.39 is 11.6 Å². The third-order valence-electron chi connectivity index (χ3n) is 2.69. The predicted molar refractivity (Wildman–Crippen MR) is 81.5 cm³/mol. The fourth-order valence-corrected chi connectivity index (χ4v) is 1.78. The number of ether oxygens (including phenoxy) is 2. The average molecular weight is 302 g/mol. The van der Waals surface area contributed by atoms with Crippen molar-refractivity contribution < 1.29 is 24.5 Å². The van der Waals surface area contributed by atoms with Gasteiger partial charge in [-0.25, -0.2) is 4.79 Å². The largest absolute Gasteiger partial charge is 0.504 e. The molecule has 0 aliphatic rings. The lowest BCUT2D eigenvalue weighted by atomic mass is 10.1. The lowest BCUT2D eigenvalue weighted by Gasteiger charge is -2.20. The number of carbonyl (C=O) groups is 1. The van der Waals surface area contributed by atoms with Gasteiger partial charge in [0.2, 0.25) is 0 Å². The summed E-state index contributed by atoms with van der Waals surface area (Å²) >= 11 is 0. The van der Waals surface area contributed by atoms with Gasteiger partial charge in [-0.2, -0.15) is 0 Å². The van der Waals surface area contributed by atoms with E-state index in [9.17, 15) is 15.0 Å². The highest BCUT2D eigenvalue weighted by Gasteiger charge is 2.23. The highest BCUT2D eigenvalue weighted by atomic mass is 16.6. The van der Waals surface area contributed by atoms with E-state index in [1.807, 2.05) is 0 Å². The molecule has 2 N–H and O–H groups in total. The molecule has 0 saturated heterocycles. The summed E-state index contributed by atoms with van der Waals surface area (Å²) in [4.78, 5) is 12.2. The number of benzene rings is 2. The topological polar surface area (TPSA) is 76.0 Å². The van der Waals surface area contributed by atoms with Gasteiger partial charge in [0.25, 0.3) is 0 Å². The molecule has 5 heteroatoms. The fourth-order valence-electron chi connectivity index (χ4n) is 1.78. The zero-order valence-electron chi connectivity index (χ0n) is 12.7. The zero-order valence-corrected chi connectivity index (χ0v) is 12.7. The first-order chi connectivity index (χ1) is 10.3. The molecule has 0 aliphatic carbocycles. The molecule has 0 heterocycles. The average Bonchev–Trinajstić information content (AvgIpc) is 2.41. The van der Waals surface area contributed by atoms with Crippen molar-refractivity contribution in [1.29, 1.82) is 0 Å². The van der Waals surface area contributed by atoms with Crippen LogP contribution in [0.4, 0.5) is 0 Å². The zero-order chi connectivity index (χ0) is 16.3. The molecule has 0 aromatic heterocycles. The van der Waals surface area contributed by atoms with Gasteiger partial charge in [-0.1, -0.05) is 18.2 Å². The lowest BCUT2D eigenvalue weighted by molar-refractivity contribution is 0.00665. The Hall–Kier alpha value is -2.69. The maximum Gasteiger partial charge on any atom is 0.342 e. The summed E-state index contributed by atoms with van der Waals surface area (Å²) in [6.07, 6.45) is 0. The van der Waals surface area contributed by atoms with Crippen LogP contribution in [0.2, 0.25) is 0 Å². The van der Waals surface area contributed by atoms with Crippen LogP contribution in [-0.2, 0) is 4.74 Å². The summed E-state index contributed by atoms with van der Waals surface area (Å²) in [5, 5.41) is 19.7. The van der Waals surface area contributed by atoms with Gasteiger partial charge < -0.3 is 19.7 Å². The highest BCUT2D eigenvalue weighted by Crippen LogP contribution is 2.38. The van der Waals surface area contributed by atoms with Crippen molar-refractivity contribution in [3.05, 3.63) is 48.0 Å². The first-order valence-corrected chi connectivity index (χ1v) is 6.79.